The number of aromatic nitrogens is 4. The number of nitrogens with zero attached hydrogens (tertiary/aromatic N) is 6. The van der Waals surface area contributed by atoms with Gasteiger partial charge in [0.2, 0.25) is 0 Å². The van der Waals surface area contributed by atoms with Crippen LogP contribution < -0.4 is 4.90 Å². The summed E-state index contributed by atoms with van der Waals surface area (Å²) in [4.78, 5) is 9.19. The molecule has 154 valence electrons. The summed E-state index contributed by atoms with van der Waals surface area (Å²) in [5, 5.41) is 9.26. The van der Waals surface area contributed by atoms with Gasteiger partial charge in [-0.3, -0.25) is 9.47 Å². The average molecular weight is 413 g/mol. The Morgan fingerprint density at radius 1 is 1.17 bits per heavy atom. The first-order valence-electron chi connectivity index (χ1n) is 10.4. The van der Waals surface area contributed by atoms with Crippen molar-refractivity contribution in [3.05, 3.63) is 53.8 Å². The van der Waals surface area contributed by atoms with Gasteiger partial charge in [-0.05, 0) is 50.1 Å². The topological polar surface area (TPSA) is 50.1 Å². The molecule has 0 aliphatic carbocycles. The molecule has 0 N–H and O–H groups in total. The smallest absolute Gasteiger partial charge is 0.151 e. The molecule has 0 bridgehead atoms. The second-order valence-electron chi connectivity index (χ2n) is 7.83. The Balaban J connectivity index is 1.63. The first kappa shape index (κ1) is 20.1. The van der Waals surface area contributed by atoms with Crippen LogP contribution in [0.5, 0.6) is 0 Å². The number of hydrogen-bond acceptors (Lipinski definition) is 5. The average Bonchev–Trinajstić information content (AvgIpc) is 3.11. The number of halogens is 1. The number of rotatable bonds is 5. The Kier molecular flexibility index (Phi) is 6.31. The number of piperidine rings is 1. The minimum atomic E-state index is 0.400. The van der Waals surface area contributed by atoms with Crippen molar-refractivity contribution in [2.45, 2.75) is 38.6 Å². The molecule has 0 spiro atoms. The Labute approximate surface area is 177 Å². The van der Waals surface area contributed by atoms with Gasteiger partial charge in [0.05, 0.1) is 6.54 Å². The molecule has 2 aliphatic rings. The van der Waals surface area contributed by atoms with Gasteiger partial charge in [-0.25, -0.2) is 4.98 Å². The van der Waals surface area contributed by atoms with E-state index in [2.05, 4.69) is 61.7 Å². The van der Waals surface area contributed by atoms with Gasteiger partial charge in [0.15, 0.2) is 5.82 Å². The van der Waals surface area contributed by atoms with Crippen molar-refractivity contribution < 1.29 is 0 Å². The SMILES string of the molecule is CCC1=C(/C=C\CCl)n2c(nnc2C2CCN(c3ccccn3)CC2)CN(C)C1. The second kappa shape index (κ2) is 9.09. The zero-order chi connectivity index (χ0) is 20.2. The summed E-state index contributed by atoms with van der Waals surface area (Å²) >= 11 is 5.97. The fourth-order valence-corrected chi connectivity index (χ4v) is 4.46. The zero-order valence-corrected chi connectivity index (χ0v) is 18.0. The lowest BCUT2D eigenvalue weighted by atomic mass is 9.95. The minimum absolute atomic E-state index is 0.400. The molecule has 1 saturated heterocycles. The molecule has 0 saturated carbocycles. The van der Waals surface area contributed by atoms with Crippen molar-refractivity contribution >= 4 is 23.1 Å². The highest BCUT2D eigenvalue weighted by Crippen LogP contribution is 2.33. The maximum absolute atomic E-state index is 5.97. The highest BCUT2D eigenvalue weighted by molar-refractivity contribution is 6.19. The number of likely N-dealkylation sites (N-methyl/N-ethyl adjacent to an activating group) is 1. The summed E-state index contributed by atoms with van der Waals surface area (Å²) in [6.45, 7) is 5.95. The molecule has 2 aliphatic heterocycles. The Morgan fingerprint density at radius 3 is 2.69 bits per heavy atom. The number of fused-ring (bicyclic) bond motifs is 1. The molecule has 2 aromatic heterocycles. The number of hydrogen-bond donors (Lipinski definition) is 0. The Morgan fingerprint density at radius 2 is 2.00 bits per heavy atom. The third kappa shape index (κ3) is 4.23. The fourth-order valence-electron chi connectivity index (χ4n) is 4.37. The van der Waals surface area contributed by atoms with E-state index < -0.39 is 0 Å². The first-order chi connectivity index (χ1) is 14.2. The summed E-state index contributed by atoms with van der Waals surface area (Å²) in [6.07, 6.45) is 9.15. The van der Waals surface area contributed by atoms with Gasteiger partial charge in [-0.2, -0.15) is 0 Å². The summed E-state index contributed by atoms with van der Waals surface area (Å²) in [5.74, 6) is 4.08. The van der Waals surface area contributed by atoms with Crippen LogP contribution >= 0.6 is 11.6 Å². The Bertz CT molecular complexity index is 880. The largest absolute Gasteiger partial charge is 0.357 e. The van der Waals surface area contributed by atoms with Crippen LogP contribution in [0.1, 0.15) is 43.8 Å². The van der Waals surface area contributed by atoms with Gasteiger partial charge < -0.3 is 4.90 Å². The van der Waals surface area contributed by atoms with Crippen LogP contribution in [0.3, 0.4) is 0 Å². The van der Waals surface area contributed by atoms with Crippen molar-refractivity contribution in [1.29, 1.82) is 0 Å². The van der Waals surface area contributed by atoms with Crippen molar-refractivity contribution in [3.63, 3.8) is 0 Å². The molecule has 4 rings (SSSR count). The number of alkyl halides is 1. The van der Waals surface area contributed by atoms with Crippen molar-refractivity contribution in [3.8, 4) is 0 Å². The molecule has 29 heavy (non-hydrogen) atoms. The molecule has 0 unspecified atom stereocenters. The van der Waals surface area contributed by atoms with Gasteiger partial charge in [-0.1, -0.05) is 19.1 Å². The van der Waals surface area contributed by atoms with Gasteiger partial charge >= 0.3 is 0 Å². The molecular formula is C22H29ClN6. The van der Waals surface area contributed by atoms with Crippen molar-refractivity contribution in [2.75, 3.05) is 37.5 Å². The van der Waals surface area contributed by atoms with E-state index in [4.69, 9.17) is 11.6 Å². The van der Waals surface area contributed by atoms with Crippen LogP contribution in [0, 0.1) is 0 Å². The van der Waals surface area contributed by atoms with Crippen LogP contribution in [0.4, 0.5) is 5.82 Å². The molecule has 4 heterocycles. The predicted molar refractivity (Wildman–Crippen MR) is 118 cm³/mol. The zero-order valence-electron chi connectivity index (χ0n) is 17.3. The standard InChI is InChI=1S/C22H29ClN6/c1-3-17-15-27(2)16-21-25-26-22(29(21)19(17)7-6-11-23)18-9-13-28(14-10-18)20-8-4-5-12-24-20/h4-8,12,18H,3,9-11,13-16H2,1-2H3/b7-6-. The van der Waals surface area contributed by atoms with Crippen LogP contribution in [0.25, 0.3) is 5.70 Å². The highest BCUT2D eigenvalue weighted by atomic mass is 35.5. The maximum atomic E-state index is 5.97. The third-order valence-electron chi connectivity index (χ3n) is 5.86. The highest BCUT2D eigenvalue weighted by Gasteiger charge is 2.29. The molecule has 6 nitrogen and oxygen atoms in total. The van der Waals surface area contributed by atoms with E-state index in [9.17, 15) is 0 Å². The van der Waals surface area contributed by atoms with Crippen LogP contribution in [0.15, 0.2) is 42.1 Å². The van der Waals surface area contributed by atoms with E-state index in [1.165, 1.54) is 11.3 Å². The molecule has 1 fully saturated rings. The lowest BCUT2D eigenvalue weighted by Gasteiger charge is -2.32. The number of allylic oxidation sites excluding steroid dienone is 3. The molecule has 2 aromatic rings. The van der Waals surface area contributed by atoms with Crippen molar-refractivity contribution in [1.82, 2.24) is 24.6 Å². The van der Waals surface area contributed by atoms with E-state index >= 15 is 0 Å². The normalized spacial score (nSPS) is 19.1. The fraction of sp³-hybridized carbons (Fsp3) is 0.500. The van der Waals surface area contributed by atoms with Crippen LogP contribution in [-0.4, -0.2) is 57.2 Å². The summed E-state index contributed by atoms with van der Waals surface area (Å²) in [7, 11) is 2.15. The van der Waals surface area contributed by atoms with E-state index in [0.717, 1.165) is 62.9 Å². The van der Waals surface area contributed by atoms with E-state index in [0.29, 0.717) is 11.8 Å². The van der Waals surface area contributed by atoms with Gasteiger partial charge in [-0.15, -0.1) is 21.8 Å². The monoisotopic (exact) mass is 412 g/mol. The van der Waals surface area contributed by atoms with E-state index in [1.54, 1.807) is 0 Å². The number of pyridine rings is 1. The van der Waals surface area contributed by atoms with E-state index in [-0.39, 0.29) is 0 Å². The molecule has 7 heteroatoms. The summed E-state index contributed by atoms with van der Waals surface area (Å²) in [6, 6.07) is 6.10. The maximum Gasteiger partial charge on any atom is 0.151 e. The number of anilines is 1. The van der Waals surface area contributed by atoms with Gasteiger partial charge in [0.1, 0.15) is 11.6 Å². The minimum Gasteiger partial charge on any atom is -0.357 e. The molecular weight excluding hydrogens is 384 g/mol. The molecule has 0 aromatic carbocycles. The second-order valence-corrected chi connectivity index (χ2v) is 8.14. The van der Waals surface area contributed by atoms with Crippen LogP contribution in [0.2, 0.25) is 0 Å². The molecule has 0 amide bonds. The van der Waals surface area contributed by atoms with Gasteiger partial charge in [0, 0.05) is 43.3 Å². The van der Waals surface area contributed by atoms with Crippen molar-refractivity contribution in [2.24, 2.45) is 0 Å². The van der Waals surface area contributed by atoms with Crippen LogP contribution in [-0.2, 0) is 6.54 Å². The summed E-state index contributed by atoms with van der Waals surface area (Å²) in [5.41, 5.74) is 2.61. The molecule has 0 atom stereocenters. The van der Waals surface area contributed by atoms with E-state index in [1.807, 2.05) is 18.3 Å². The van der Waals surface area contributed by atoms with Gasteiger partial charge in [0.25, 0.3) is 0 Å². The predicted octanol–water partition coefficient (Wildman–Crippen LogP) is 3.92. The molecule has 0 radical (unpaired) electrons. The Hall–Kier alpha value is -2.18. The summed E-state index contributed by atoms with van der Waals surface area (Å²) < 4.78 is 2.31. The third-order valence-corrected chi connectivity index (χ3v) is 6.03. The lowest BCUT2D eigenvalue weighted by Crippen LogP contribution is -2.34. The quantitative estimate of drug-likeness (QED) is 0.696. The first-order valence-corrected chi connectivity index (χ1v) is 11.0. The lowest BCUT2D eigenvalue weighted by molar-refractivity contribution is 0.346.